The minimum atomic E-state index is -0.0629. The number of ether oxygens (including phenoxy) is 1. The second-order valence-corrected chi connectivity index (χ2v) is 5.64. The highest BCUT2D eigenvalue weighted by Gasteiger charge is 2.27. The summed E-state index contributed by atoms with van der Waals surface area (Å²) < 4.78 is 5.30. The van der Waals surface area contributed by atoms with Crippen molar-refractivity contribution in [1.29, 1.82) is 0 Å². The summed E-state index contributed by atoms with van der Waals surface area (Å²) in [5, 5.41) is 0. The summed E-state index contributed by atoms with van der Waals surface area (Å²) in [6.45, 7) is 11.6. The highest BCUT2D eigenvalue weighted by Crippen LogP contribution is 2.10. The van der Waals surface area contributed by atoms with Crippen molar-refractivity contribution >= 4 is 5.91 Å². The lowest BCUT2D eigenvalue weighted by Gasteiger charge is -2.35. The van der Waals surface area contributed by atoms with E-state index in [1.54, 1.807) is 0 Å². The summed E-state index contributed by atoms with van der Waals surface area (Å²) in [5.41, 5.74) is 5.59. The lowest BCUT2D eigenvalue weighted by molar-refractivity contribution is -0.140. The molecule has 0 aliphatic carbocycles. The second-order valence-electron chi connectivity index (χ2n) is 5.64. The molecular formula is C14H29N3O2. The zero-order valence-corrected chi connectivity index (χ0v) is 12.6. The molecule has 0 saturated carbocycles. The third-order valence-electron chi connectivity index (χ3n) is 3.48. The predicted molar refractivity (Wildman–Crippen MR) is 76.9 cm³/mol. The van der Waals surface area contributed by atoms with E-state index in [0.717, 1.165) is 32.6 Å². The van der Waals surface area contributed by atoms with Gasteiger partial charge in [-0.2, -0.15) is 0 Å². The van der Waals surface area contributed by atoms with Gasteiger partial charge >= 0.3 is 0 Å². The number of amides is 1. The molecule has 0 bridgehead atoms. The smallest absolute Gasteiger partial charge is 0.239 e. The fraction of sp³-hybridized carbons (Fsp3) is 0.929. The first-order chi connectivity index (χ1) is 9.06. The van der Waals surface area contributed by atoms with Gasteiger partial charge in [-0.05, 0) is 25.8 Å². The predicted octanol–water partition coefficient (Wildman–Crippen LogP) is 0.541. The Morgan fingerprint density at radius 2 is 1.95 bits per heavy atom. The molecular weight excluding hydrogens is 242 g/mol. The Kier molecular flexibility index (Phi) is 7.34. The molecule has 0 aromatic heterocycles. The van der Waals surface area contributed by atoms with Crippen LogP contribution in [-0.2, 0) is 9.53 Å². The zero-order valence-electron chi connectivity index (χ0n) is 12.6. The van der Waals surface area contributed by atoms with Crippen LogP contribution in [0.15, 0.2) is 0 Å². The maximum atomic E-state index is 12.5. The normalized spacial score (nSPS) is 18.1. The molecule has 5 nitrogen and oxygen atoms in total. The lowest BCUT2D eigenvalue weighted by Crippen LogP contribution is -2.51. The molecule has 1 amide bonds. The van der Waals surface area contributed by atoms with Crippen LogP contribution in [0.2, 0.25) is 0 Å². The van der Waals surface area contributed by atoms with E-state index >= 15 is 0 Å². The number of nitrogens with zero attached hydrogens (tertiary/aromatic N) is 2. The van der Waals surface area contributed by atoms with Crippen LogP contribution in [0, 0.1) is 5.92 Å². The fourth-order valence-electron chi connectivity index (χ4n) is 2.41. The summed E-state index contributed by atoms with van der Waals surface area (Å²) in [6, 6.07) is -0.0629. The maximum Gasteiger partial charge on any atom is 0.239 e. The van der Waals surface area contributed by atoms with Crippen LogP contribution in [0.1, 0.15) is 27.2 Å². The zero-order chi connectivity index (χ0) is 14.3. The second kappa shape index (κ2) is 8.51. The number of morpholine rings is 1. The third-order valence-corrected chi connectivity index (χ3v) is 3.48. The van der Waals surface area contributed by atoms with Crippen LogP contribution in [0.3, 0.4) is 0 Å². The molecule has 112 valence electrons. The summed E-state index contributed by atoms with van der Waals surface area (Å²) >= 11 is 0. The Morgan fingerprint density at radius 3 is 2.47 bits per heavy atom. The molecule has 1 saturated heterocycles. The average molecular weight is 271 g/mol. The Morgan fingerprint density at radius 1 is 1.32 bits per heavy atom. The van der Waals surface area contributed by atoms with E-state index in [2.05, 4.69) is 18.7 Å². The van der Waals surface area contributed by atoms with Gasteiger partial charge in [0, 0.05) is 26.2 Å². The van der Waals surface area contributed by atoms with Crippen molar-refractivity contribution in [2.45, 2.75) is 33.2 Å². The van der Waals surface area contributed by atoms with Crippen molar-refractivity contribution in [1.82, 2.24) is 9.80 Å². The highest BCUT2D eigenvalue weighted by molar-refractivity contribution is 5.81. The SMILES string of the molecule is CC(C)CN(CCCN)C(C)C(=O)N1CCOCC1. The van der Waals surface area contributed by atoms with Gasteiger partial charge in [0.05, 0.1) is 19.3 Å². The van der Waals surface area contributed by atoms with Crippen LogP contribution in [0.5, 0.6) is 0 Å². The largest absolute Gasteiger partial charge is 0.378 e. The van der Waals surface area contributed by atoms with E-state index in [0.29, 0.717) is 25.7 Å². The topological polar surface area (TPSA) is 58.8 Å². The minimum Gasteiger partial charge on any atom is -0.378 e. The molecule has 1 aliphatic heterocycles. The van der Waals surface area contributed by atoms with Crippen LogP contribution in [0.25, 0.3) is 0 Å². The monoisotopic (exact) mass is 271 g/mol. The number of hydrogen-bond acceptors (Lipinski definition) is 4. The molecule has 0 aromatic carbocycles. The van der Waals surface area contributed by atoms with Crippen LogP contribution in [-0.4, -0.2) is 67.7 Å². The molecule has 1 aliphatic rings. The summed E-state index contributed by atoms with van der Waals surface area (Å²) in [7, 11) is 0. The number of rotatable bonds is 7. The van der Waals surface area contributed by atoms with E-state index in [4.69, 9.17) is 10.5 Å². The van der Waals surface area contributed by atoms with Crippen molar-refractivity contribution in [3.63, 3.8) is 0 Å². The van der Waals surface area contributed by atoms with Gasteiger partial charge in [0.25, 0.3) is 0 Å². The Hall–Kier alpha value is -0.650. The van der Waals surface area contributed by atoms with Gasteiger partial charge in [-0.1, -0.05) is 13.8 Å². The van der Waals surface area contributed by atoms with Crippen molar-refractivity contribution in [2.24, 2.45) is 11.7 Å². The first-order valence-corrected chi connectivity index (χ1v) is 7.37. The van der Waals surface area contributed by atoms with Crippen molar-refractivity contribution < 1.29 is 9.53 Å². The van der Waals surface area contributed by atoms with E-state index in [1.807, 2.05) is 11.8 Å². The van der Waals surface area contributed by atoms with E-state index in [1.165, 1.54) is 0 Å². The maximum absolute atomic E-state index is 12.5. The van der Waals surface area contributed by atoms with Crippen LogP contribution >= 0.6 is 0 Å². The average Bonchev–Trinajstić information content (AvgIpc) is 2.42. The molecule has 1 atom stereocenters. The minimum absolute atomic E-state index is 0.0629. The van der Waals surface area contributed by atoms with Gasteiger partial charge in [-0.25, -0.2) is 0 Å². The molecule has 0 radical (unpaired) electrons. The molecule has 19 heavy (non-hydrogen) atoms. The molecule has 1 rings (SSSR count). The van der Waals surface area contributed by atoms with Gasteiger partial charge in [0.2, 0.25) is 5.91 Å². The Bertz CT molecular complexity index is 265. The van der Waals surface area contributed by atoms with Gasteiger partial charge in [-0.3, -0.25) is 9.69 Å². The lowest BCUT2D eigenvalue weighted by atomic mass is 10.1. The van der Waals surface area contributed by atoms with Gasteiger partial charge in [0.1, 0.15) is 0 Å². The molecule has 2 N–H and O–H groups in total. The van der Waals surface area contributed by atoms with Crippen molar-refractivity contribution in [3.8, 4) is 0 Å². The number of hydrogen-bond donors (Lipinski definition) is 1. The molecule has 1 heterocycles. The molecule has 5 heteroatoms. The third kappa shape index (κ3) is 5.47. The quantitative estimate of drug-likeness (QED) is 0.734. The summed E-state index contributed by atoms with van der Waals surface area (Å²) in [4.78, 5) is 16.7. The first-order valence-electron chi connectivity index (χ1n) is 7.37. The van der Waals surface area contributed by atoms with Gasteiger partial charge in [0.15, 0.2) is 0 Å². The highest BCUT2D eigenvalue weighted by atomic mass is 16.5. The van der Waals surface area contributed by atoms with Gasteiger partial charge in [-0.15, -0.1) is 0 Å². The van der Waals surface area contributed by atoms with Gasteiger partial charge < -0.3 is 15.4 Å². The Labute approximate surface area is 117 Å². The van der Waals surface area contributed by atoms with Crippen LogP contribution in [0.4, 0.5) is 0 Å². The van der Waals surface area contributed by atoms with E-state index in [-0.39, 0.29) is 11.9 Å². The molecule has 0 spiro atoms. The summed E-state index contributed by atoms with van der Waals surface area (Å²) in [5.74, 6) is 0.777. The fourth-order valence-corrected chi connectivity index (χ4v) is 2.41. The Balaban J connectivity index is 2.56. The van der Waals surface area contributed by atoms with Crippen molar-refractivity contribution in [2.75, 3.05) is 45.9 Å². The van der Waals surface area contributed by atoms with E-state index in [9.17, 15) is 4.79 Å². The summed E-state index contributed by atoms with van der Waals surface area (Å²) in [6.07, 6.45) is 0.938. The van der Waals surface area contributed by atoms with Crippen molar-refractivity contribution in [3.05, 3.63) is 0 Å². The number of carbonyl (C=O) groups excluding carboxylic acids is 1. The molecule has 1 fully saturated rings. The number of nitrogens with two attached hydrogens (primary N) is 1. The number of carbonyl (C=O) groups is 1. The molecule has 1 unspecified atom stereocenters. The standard InChI is InChI=1S/C14H29N3O2/c1-12(2)11-17(6-4-5-15)13(3)14(18)16-7-9-19-10-8-16/h12-13H,4-11,15H2,1-3H3. The molecule has 0 aromatic rings. The first kappa shape index (κ1) is 16.4. The van der Waals surface area contributed by atoms with E-state index < -0.39 is 0 Å². The van der Waals surface area contributed by atoms with Crippen LogP contribution < -0.4 is 5.73 Å².